The summed E-state index contributed by atoms with van der Waals surface area (Å²) in [5.74, 6) is 0. The van der Waals surface area contributed by atoms with Crippen molar-refractivity contribution in [3.05, 3.63) is 283 Å². The fourth-order valence-corrected chi connectivity index (χ4v) is 11.0. The van der Waals surface area contributed by atoms with Gasteiger partial charge in [0.1, 0.15) is 0 Å². The van der Waals surface area contributed by atoms with Gasteiger partial charge in [-0.1, -0.05) is 170 Å². The molecule has 0 unspecified atom stereocenters. The van der Waals surface area contributed by atoms with Gasteiger partial charge in [-0.25, -0.2) is 0 Å². The average molecular weight is 842 g/mol. The van der Waals surface area contributed by atoms with Gasteiger partial charge < -0.3 is 14.7 Å². The summed E-state index contributed by atoms with van der Waals surface area (Å²) in [5, 5.41) is 4.85. The van der Waals surface area contributed by atoms with E-state index in [9.17, 15) is 0 Å². The molecule has 1 spiro atoms. The van der Waals surface area contributed by atoms with Gasteiger partial charge >= 0.3 is 0 Å². The highest BCUT2D eigenvalue weighted by molar-refractivity contribution is 6.03. The third-order valence-corrected chi connectivity index (χ3v) is 13.7. The maximum atomic E-state index is 2.50. The van der Waals surface area contributed by atoms with Crippen LogP contribution in [0.4, 0.5) is 51.2 Å². The number of rotatable bonds is 7. The number of benzene rings is 11. The molecule has 0 aromatic heterocycles. The van der Waals surface area contributed by atoms with Crippen molar-refractivity contribution in [3.63, 3.8) is 0 Å². The SMILES string of the molecule is c1ccc(N(c2ccc3c(c2)C2(c4ccccc4N(c4ccccc4)c4ccccc42)c2cccc(N(c4ccccc4)c4ccc5ccccc5c4)c2-3)c2ccc3ccccc3c2)cc1. The van der Waals surface area contributed by atoms with Crippen molar-refractivity contribution in [1.29, 1.82) is 0 Å². The van der Waals surface area contributed by atoms with Gasteiger partial charge in [-0.15, -0.1) is 0 Å². The van der Waals surface area contributed by atoms with E-state index in [4.69, 9.17) is 0 Å². The quantitative estimate of drug-likeness (QED) is 0.158. The van der Waals surface area contributed by atoms with Gasteiger partial charge in [-0.05, 0) is 140 Å². The lowest BCUT2D eigenvalue weighted by atomic mass is 9.64. The molecule has 310 valence electrons. The molecule has 0 fully saturated rings. The minimum Gasteiger partial charge on any atom is -0.310 e. The number of hydrogen-bond acceptors (Lipinski definition) is 3. The molecular formula is C63H43N3. The number of hydrogen-bond donors (Lipinski definition) is 0. The Morgan fingerprint density at radius 1 is 0.288 bits per heavy atom. The Labute approximate surface area is 385 Å². The Morgan fingerprint density at radius 2 is 0.742 bits per heavy atom. The third-order valence-electron chi connectivity index (χ3n) is 13.7. The molecule has 0 saturated carbocycles. The van der Waals surface area contributed by atoms with Gasteiger partial charge in [0.15, 0.2) is 0 Å². The van der Waals surface area contributed by atoms with E-state index in [0.717, 1.165) is 39.8 Å². The van der Waals surface area contributed by atoms with Crippen LogP contribution in [0.1, 0.15) is 22.3 Å². The van der Waals surface area contributed by atoms with Gasteiger partial charge in [0.05, 0.1) is 22.5 Å². The Balaban J connectivity index is 1.13. The summed E-state index contributed by atoms with van der Waals surface area (Å²) in [6, 6.07) is 95.8. The predicted molar refractivity (Wildman–Crippen MR) is 276 cm³/mol. The van der Waals surface area contributed by atoms with Crippen LogP contribution < -0.4 is 14.7 Å². The summed E-state index contributed by atoms with van der Waals surface area (Å²) in [7, 11) is 0. The molecule has 0 radical (unpaired) electrons. The van der Waals surface area contributed by atoms with Gasteiger partial charge in [0.25, 0.3) is 0 Å². The molecule has 0 saturated heterocycles. The van der Waals surface area contributed by atoms with Crippen molar-refractivity contribution in [2.45, 2.75) is 5.41 Å². The summed E-state index contributed by atoms with van der Waals surface area (Å²) in [6.07, 6.45) is 0. The Hall–Kier alpha value is -8.66. The second kappa shape index (κ2) is 15.3. The van der Waals surface area contributed by atoms with Crippen LogP contribution >= 0.6 is 0 Å². The lowest BCUT2D eigenvalue weighted by Gasteiger charge is -2.45. The predicted octanol–water partition coefficient (Wildman–Crippen LogP) is 17.1. The van der Waals surface area contributed by atoms with Gasteiger partial charge in [0.2, 0.25) is 0 Å². The first-order valence-electron chi connectivity index (χ1n) is 22.8. The lowest BCUT2D eigenvalue weighted by molar-refractivity contribution is 0.752. The van der Waals surface area contributed by atoms with Crippen LogP contribution in [0.3, 0.4) is 0 Å². The lowest BCUT2D eigenvalue weighted by Crippen LogP contribution is -2.36. The van der Waals surface area contributed by atoms with Crippen LogP contribution in [0, 0.1) is 0 Å². The smallest absolute Gasteiger partial charge is 0.0755 e. The van der Waals surface area contributed by atoms with Gasteiger partial charge in [-0.2, -0.15) is 0 Å². The number of anilines is 9. The molecule has 3 heteroatoms. The van der Waals surface area contributed by atoms with Crippen LogP contribution in [0.25, 0.3) is 32.7 Å². The maximum absolute atomic E-state index is 2.50. The van der Waals surface area contributed by atoms with Crippen molar-refractivity contribution < 1.29 is 0 Å². The van der Waals surface area contributed by atoms with Crippen molar-refractivity contribution in [3.8, 4) is 11.1 Å². The van der Waals surface area contributed by atoms with E-state index in [1.807, 2.05) is 0 Å². The molecule has 1 aliphatic heterocycles. The Bertz CT molecular complexity index is 3570. The number of nitrogens with zero attached hydrogens (tertiary/aromatic N) is 3. The molecule has 11 aromatic rings. The monoisotopic (exact) mass is 841 g/mol. The Morgan fingerprint density at radius 3 is 1.35 bits per heavy atom. The van der Waals surface area contributed by atoms with Crippen LogP contribution in [0.2, 0.25) is 0 Å². The molecule has 2 aliphatic rings. The average Bonchev–Trinajstić information content (AvgIpc) is 3.68. The normalized spacial score (nSPS) is 12.9. The zero-order valence-corrected chi connectivity index (χ0v) is 36.2. The number of para-hydroxylation sites is 5. The van der Waals surface area contributed by atoms with Crippen LogP contribution in [0.5, 0.6) is 0 Å². The molecule has 3 nitrogen and oxygen atoms in total. The zero-order valence-electron chi connectivity index (χ0n) is 36.2. The summed E-state index contributed by atoms with van der Waals surface area (Å²) in [4.78, 5) is 7.34. The van der Waals surface area contributed by atoms with Crippen LogP contribution in [0.15, 0.2) is 261 Å². The first-order valence-corrected chi connectivity index (χ1v) is 22.8. The van der Waals surface area contributed by atoms with E-state index >= 15 is 0 Å². The van der Waals surface area contributed by atoms with E-state index in [1.54, 1.807) is 0 Å². The minimum absolute atomic E-state index is 0.688. The van der Waals surface area contributed by atoms with Crippen molar-refractivity contribution >= 4 is 72.7 Å². The first-order chi connectivity index (χ1) is 32.8. The van der Waals surface area contributed by atoms with Crippen molar-refractivity contribution in [2.75, 3.05) is 14.7 Å². The second-order valence-electron chi connectivity index (χ2n) is 17.3. The molecule has 1 heterocycles. The topological polar surface area (TPSA) is 9.72 Å². The molecule has 66 heavy (non-hydrogen) atoms. The molecule has 1 aliphatic carbocycles. The van der Waals surface area contributed by atoms with E-state index in [1.165, 1.54) is 66.3 Å². The summed E-state index contributed by atoms with van der Waals surface area (Å²) in [6.45, 7) is 0. The maximum Gasteiger partial charge on any atom is 0.0755 e. The Kier molecular flexibility index (Phi) is 8.75. The molecular weight excluding hydrogens is 799 g/mol. The standard InChI is InChI=1S/C63H43N3/c1-4-23-48(24-5-1)64(51-37-35-44-19-10-12-21-46(44)41-51)53-39-40-54-58(43-53)63(55-29-14-16-32-59(55)66(50-27-8-3-9-28-50)60-33-17-15-30-56(60)63)57-31-18-34-61(62(54)57)65(49-25-6-2-7-26-49)52-38-36-45-20-11-13-22-47(45)42-52/h1-43H. The fraction of sp³-hybridized carbons (Fsp3) is 0.0159. The second-order valence-corrected chi connectivity index (χ2v) is 17.3. The van der Waals surface area contributed by atoms with E-state index in [-0.39, 0.29) is 0 Å². The van der Waals surface area contributed by atoms with Crippen molar-refractivity contribution in [2.24, 2.45) is 0 Å². The fourth-order valence-electron chi connectivity index (χ4n) is 11.0. The van der Waals surface area contributed by atoms with Crippen LogP contribution in [-0.4, -0.2) is 0 Å². The van der Waals surface area contributed by atoms with Crippen LogP contribution in [-0.2, 0) is 5.41 Å². The summed E-state index contributed by atoms with van der Waals surface area (Å²) < 4.78 is 0. The highest BCUT2D eigenvalue weighted by atomic mass is 15.2. The van der Waals surface area contributed by atoms with Gasteiger partial charge in [0, 0.05) is 39.7 Å². The highest BCUT2D eigenvalue weighted by Gasteiger charge is 2.53. The largest absolute Gasteiger partial charge is 0.310 e. The minimum atomic E-state index is -0.688. The first kappa shape index (κ1) is 37.9. The molecule has 0 atom stereocenters. The number of fused-ring (bicyclic) bond motifs is 11. The molecule has 13 rings (SSSR count). The molecule has 0 N–H and O–H groups in total. The summed E-state index contributed by atoms with van der Waals surface area (Å²) in [5.41, 5.74) is 16.9. The third kappa shape index (κ3) is 5.77. The molecule has 0 bridgehead atoms. The molecule has 0 amide bonds. The van der Waals surface area contributed by atoms with Crippen molar-refractivity contribution in [1.82, 2.24) is 0 Å². The summed E-state index contributed by atoms with van der Waals surface area (Å²) >= 11 is 0. The van der Waals surface area contributed by atoms with E-state index < -0.39 is 5.41 Å². The molecule has 11 aromatic carbocycles. The zero-order chi connectivity index (χ0) is 43.6. The van der Waals surface area contributed by atoms with E-state index in [2.05, 4.69) is 276 Å². The highest BCUT2D eigenvalue weighted by Crippen LogP contribution is 2.65. The van der Waals surface area contributed by atoms with E-state index in [0.29, 0.717) is 0 Å². The van der Waals surface area contributed by atoms with Gasteiger partial charge in [-0.3, -0.25) is 0 Å².